The van der Waals surface area contributed by atoms with Crippen LogP contribution in [-0.4, -0.2) is 28.2 Å². The van der Waals surface area contributed by atoms with E-state index in [0.29, 0.717) is 16.7 Å². The van der Waals surface area contributed by atoms with Gasteiger partial charge >= 0.3 is 5.97 Å². The van der Waals surface area contributed by atoms with E-state index in [-0.39, 0.29) is 24.0 Å². The number of benzene rings is 1. The highest BCUT2D eigenvalue weighted by molar-refractivity contribution is 5.87. The molecule has 1 aromatic carbocycles. The summed E-state index contributed by atoms with van der Waals surface area (Å²) in [6, 6.07) is 3.03. The van der Waals surface area contributed by atoms with Crippen LogP contribution in [0.25, 0.3) is 10.9 Å². The molecule has 0 fully saturated rings. The molecule has 96 valence electrons. The standard InChI is InChI=1S/C11H10N2O4.ClH/c1-6(14)17-10-3-7-8(4-9(10)16-2)12-5-13-11(7)15;/h3-5H,1-2H3,(H,12,13,15);1H. The first-order chi connectivity index (χ1) is 8.11. The number of rotatable bonds is 2. The van der Waals surface area contributed by atoms with Gasteiger partial charge in [-0.25, -0.2) is 9.97 Å². The summed E-state index contributed by atoms with van der Waals surface area (Å²) in [4.78, 5) is 18.6. The van der Waals surface area contributed by atoms with Gasteiger partial charge < -0.3 is 14.6 Å². The van der Waals surface area contributed by atoms with Crippen LogP contribution in [0.1, 0.15) is 6.92 Å². The first-order valence-corrected chi connectivity index (χ1v) is 4.82. The Hall–Kier alpha value is -2.08. The Bertz CT molecular complexity index is 589. The lowest BCUT2D eigenvalue weighted by atomic mass is 10.2. The van der Waals surface area contributed by atoms with E-state index in [2.05, 4.69) is 9.97 Å². The van der Waals surface area contributed by atoms with E-state index < -0.39 is 5.97 Å². The number of aromatic nitrogens is 2. The van der Waals surface area contributed by atoms with Gasteiger partial charge in [-0.3, -0.25) is 4.79 Å². The van der Waals surface area contributed by atoms with Crippen molar-refractivity contribution in [1.29, 1.82) is 0 Å². The van der Waals surface area contributed by atoms with Crippen LogP contribution in [0.4, 0.5) is 0 Å². The molecular weight excluding hydrogens is 260 g/mol. The van der Waals surface area contributed by atoms with Crippen LogP contribution >= 0.6 is 12.4 Å². The Labute approximate surface area is 109 Å². The van der Waals surface area contributed by atoms with E-state index in [4.69, 9.17) is 9.47 Å². The number of aromatic hydroxyl groups is 1. The third-order valence-corrected chi connectivity index (χ3v) is 2.15. The maximum atomic E-state index is 10.9. The monoisotopic (exact) mass is 270 g/mol. The molecule has 0 atom stereocenters. The quantitative estimate of drug-likeness (QED) is 0.661. The number of hydrogen-bond acceptors (Lipinski definition) is 6. The number of hydrogen-bond donors (Lipinski definition) is 1. The molecule has 6 nitrogen and oxygen atoms in total. The highest BCUT2D eigenvalue weighted by Gasteiger charge is 2.12. The van der Waals surface area contributed by atoms with E-state index in [1.807, 2.05) is 0 Å². The summed E-state index contributed by atoms with van der Waals surface area (Å²) in [5.41, 5.74) is 0.505. The number of fused-ring (bicyclic) bond motifs is 1. The van der Waals surface area contributed by atoms with Gasteiger partial charge in [0.1, 0.15) is 6.33 Å². The number of halogens is 1. The number of carbonyl (C=O) groups excluding carboxylic acids is 1. The van der Waals surface area contributed by atoms with Gasteiger partial charge in [0.15, 0.2) is 11.5 Å². The molecular formula is C11H11ClN2O4. The van der Waals surface area contributed by atoms with Crippen LogP contribution < -0.4 is 9.47 Å². The average molecular weight is 271 g/mol. The summed E-state index contributed by atoms with van der Waals surface area (Å²) in [6.45, 7) is 1.28. The van der Waals surface area contributed by atoms with Crippen molar-refractivity contribution in [2.24, 2.45) is 0 Å². The number of carbonyl (C=O) groups is 1. The minimum atomic E-state index is -0.473. The van der Waals surface area contributed by atoms with Gasteiger partial charge in [-0.1, -0.05) is 0 Å². The summed E-state index contributed by atoms with van der Waals surface area (Å²) >= 11 is 0. The molecule has 18 heavy (non-hydrogen) atoms. The maximum Gasteiger partial charge on any atom is 0.308 e. The molecule has 0 amide bonds. The van der Waals surface area contributed by atoms with Crippen LogP contribution in [0.2, 0.25) is 0 Å². The fourth-order valence-electron chi connectivity index (χ4n) is 1.44. The topological polar surface area (TPSA) is 81.5 Å². The van der Waals surface area contributed by atoms with Crippen molar-refractivity contribution >= 4 is 29.3 Å². The second-order valence-corrected chi connectivity index (χ2v) is 3.31. The minimum absolute atomic E-state index is 0. The number of ether oxygens (including phenoxy) is 2. The molecule has 0 aliphatic carbocycles. The van der Waals surface area contributed by atoms with Crippen LogP contribution in [-0.2, 0) is 4.79 Å². The Balaban J connectivity index is 0.00000162. The maximum absolute atomic E-state index is 10.9. The van der Waals surface area contributed by atoms with Gasteiger partial charge in [-0.2, -0.15) is 0 Å². The zero-order valence-corrected chi connectivity index (χ0v) is 10.5. The molecule has 0 unspecified atom stereocenters. The van der Waals surface area contributed by atoms with Crippen molar-refractivity contribution in [2.75, 3.05) is 7.11 Å². The Morgan fingerprint density at radius 3 is 2.61 bits per heavy atom. The van der Waals surface area contributed by atoms with Crippen LogP contribution in [0.5, 0.6) is 17.4 Å². The van der Waals surface area contributed by atoms with Crippen LogP contribution in [0.3, 0.4) is 0 Å². The van der Waals surface area contributed by atoms with Crippen LogP contribution in [0.15, 0.2) is 18.5 Å². The fourth-order valence-corrected chi connectivity index (χ4v) is 1.44. The zero-order valence-electron chi connectivity index (χ0n) is 9.71. The number of esters is 1. The molecule has 0 spiro atoms. The molecule has 0 bridgehead atoms. The highest BCUT2D eigenvalue weighted by Crippen LogP contribution is 2.34. The third-order valence-electron chi connectivity index (χ3n) is 2.15. The molecule has 0 saturated carbocycles. The molecule has 0 aliphatic heterocycles. The molecule has 1 aromatic heterocycles. The first kappa shape index (κ1) is 14.0. The van der Waals surface area contributed by atoms with Crippen molar-refractivity contribution in [2.45, 2.75) is 6.92 Å². The van der Waals surface area contributed by atoms with Gasteiger partial charge in [0.2, 0.25) is 5.88 Å². The summed E-state index contributed by atoms with van der Waals surface area (Å²) in [7, 11) is 1.45. The second-order valence-electron chi connectivity index (χ2n) is 3.31. The van der Waals surface area contributed by atoms with E-state index >= 15 is 0 Å². The Kier molecular flexibility index (Phi) is 4.28. The van der Waals surface area contributed by atoms with Gasteiger partial charge in [0.25, 0.3) is 0 Å². The Morgan fingerprint density at radius 1 is 1.28 bits per heavy atom. The molecule has 0 aliphatic rings. The average Bonchev–Trinajstić information content (AvgIpc) is 2.29. The zero-order chi connectivity index (χ0) is 12.4. The molecule has 1 N–H and O–H groups in total. The van der Waals surface area contributed by atoms with Crippen molar-refractivity contribution < 1.29 is 19.4 Å². The van der Waals surface area contributed by atoms with E-state index in [9.17, 15) is 9.90 Å². The lowest BCUT2D eigenvalue weighted by Crippen LogP contribution is -2.03. The minimum Gasteiger partial charge on any atom is -0.493 e. The summed E-state index contributed by atoms with van der Waals surface area (Å²) in [5.74, 6) is -0.0616. The van der Waals surface area contributed by atoms with Gasteiger partial charge in [-0.05, 0) is 6.07 Å². The number of methoxy groups -OCH3 is 1. The first-order valence-electron chi connectivity index (χ1n) is 4.82. The lowest BCUT2D eigenvalue weighted by molar-refractivity contribution is -0.132. The van der Waals surface area contributed by atoms with Gasteiger partial charge in [-0.15, -0.1) is 12.4 Å². The SMILES string of the molecule is COc1cc2ncnc(O)c2cc1OC(C)=O.Cl. The largest absolute Gasteiger partial charge is 0.493 e. The normalized spacial score (nSPS) is 9.67. The summed E-state index contributed by atoms with van der Waals surface area (Å²) in [5, 5.41) is 9.95. The molecule has 0 saturated heterocycles. The van der Waals surface area contributed by atoms with Crippen molar-refractivity contribution in [3.8, 4) is 17.4 Å². The molecule has 2 aromatic rings. The van der Waals surface area contributed by atoms with Gasteiger partial charge in [0, 0.05) is 13.0 Å². The Morgan fingerprint density at radius 2 is 2.00 bits per heavy atom. The molecule has 7 heteroatoms. The molecule has 1 heterocycles. The van der Waals surface area contributed by atoms with E-state index in [1.54, 1.807) is 6.07 Å². The summed E-state index contributed by atoms with van der Waals surface area (Å²) in [6.07, 6.45) is 1.24. The van der Waals surface area contributed by atoms with Crippen molar-refractivity contribution in [3.05, 3.63) is 18.5 Å². The smallest absolute Gasteiger partial charge is 0.308 e. The number of nitrogens with zero attached hydrogens (tertiary/aromatic N) is 2. The lowest BCUT2D eigenvalue weighted by Gasteiger charge is -2.09. The fraction of sp³-hybridized carbons (Fsp3) is 0.182. The summed E-state index contributed by atoms with van der Waals surface area (Å²) < 4.78 is 10.0. The predicted octanol–water partition coefficient (Wildman–Crippen LogP) is 1.69. The van der Waals surface area contributed by atoms with Gasteiger partial charge in [0.05, 0.1) is 18.0 Å². The highest BCUT2D eigenvalue weighted by atomic mass is 35.5. The molecule has 2 rings (SSSR count). The molecule has 0 radical (unpaired) electrons. The van der Waals surface area contributed by atoms with Crippen molar-refractivity contribution in [1.82, 2.24) is 9.97 Å². The third kappa shape index (κ3) is 2.60. The second kappa shape index (κ2) is 5.50. The van der Waals surface area contributed by atoms with E-state index in [0.717, 1.165) is 0 Å². The van der Waals surface area contributed by atoms with E-state index in [1.165, 1.54) is 26.4 Å². The van der Waals surface area contributed by atoms with Crippen molar-refractivity contribution in [3.63, 3.8) is 0 Å². The predicted molar refractivity (Wildman–Crippen MR) is 66.3 cm³/mol. The van der Waals surface area contributed by atoms with Crippen LogP contribution in [0, 0.1) is 0 Å².